The molecule has 0 radical (unpaired) electrons. The maximum absolute atomic E-state index is 10.9. The largest absolute Gasteiger partial charge is 0.381 e. The molecule has 0 aromatic carbocycles. The summed E-state index contributed by atoms with van der Waals surface area (Å²) in [7, 11) is -9.94. The number of nitrogen functional groups attached to an aromatic ring is 1. The van der Waals surface area contributed by atoms with E-state index in [2.05, 4.69) is 15.4 Å². The van der Waals surface area contributed by atoms with E-state index in [4.69, 9.17) is 25.3 Å². The van der Waals surface area contributed by atoms with Crippen molar-refractivity contribution in [3.63, 3.8) is 0 Å². The molecule has 1 heterocycles. The monoisotopic (exact) mass is 256 g/mol. The van der Waals surface area contributed by atoms with Crippen molar-refractivity contribution in [1.29, 1.82) is 0 Å². The number of nitrogens with two attached hydrogens (primary N) is 1. The van der Waals surface area contributed by atoms with Crippen LogP contribution in [0.3, 0.4) is 0 Å². The van der Waals surface area contributed by atoms with Crippen LogP contribution in [0.5, 0.6) is 0 Å². The molecular formula is C3H6N4O6P2. The molecule has 10 nitrogen and oxygen atoms in total. The van der Waals surface area contributed by atoms with Crippen molar-refractivity contribution in [3.8, 4) is 0 Å². The van der Waals surface area contributed by atoms with Crippen molar-refractivity contribution >= 4 is 31.7 Å². The number of aromatic nitrogens is 3. The van der Waals surface area contributed by atoms with Crippen LogP contribution in [-0.2, 0) is 9.13 Å². The molecule has 12 heteroatoms. The van der Waals surface area contributed by atoms with Crippen molar-refractivity contribution < 1.29 is 28.7 Å². The summed E-state index contributed by atoms with van der Waals surface area (Å²) in [4.78, 5) is 35.1. The van der Waals surface area contributed by atoms with E-state index in [1.165, 1.54) is 0 Å². The third kappa shape index (κ3) is 2.57. The highest BCUT2D eigenvalue weighted by Gasteiger charge is 2.36. The molecule has 0 fully saturated rings. The van der Waals surface area contributed by atoms with E-state index in [0.717, 1.165) is 0 Å². The van der Waals surface area contributed by atoms with Gasteiger partial charge < -0.3 is 25.3 Å². The first-order valence-corrected chi connectivity index (χ1v) is 6.47. The van der Waals surface area contributed by atoms with Gasteiger partial charge in [-0.25, -0.2) is 0 Å². The Kier molecular flexibility index (Phi) is 2.92. The molecule has 0 amide bonds. The highest BCUT2D eigenvalue weighted by Crippen LogP contribution is 2.40. The molecule has 1 aromatic rings. The molecule has 0 aliphatic heterocycles. The molecule has 1 rings (SSSR count). The van der Waals surface area contributed by atoms with Gasteiger partial charge in [-0.2, -0.15) is 0 Å². The van der Waals surface area contributed by atoms with Gasteiger partial charge in [0.1, 0.15) is 5.30 Å². The zero-order chi connectivity index (χ0) is 11.9. The lowest BCUT2D eigenvalue weighted by Gasteiger charge is -2.10. The van der Waals surface area contributed by atoms with Gasteiger partial charge in [0.2, 0.25) is 0 Å². The highest BCUT2D eigenvalue weighted by atomic mass is 31.2. The van der Waals surface area contributed by atoms with Crippen LogP contribution in [-0.4, -0.2) is 35.0 Å². The number of hydrogen-bond acceptors (Lipinski definition) is 6. The first-order chi connectivity index (χ1) is 6.64. The predicted octanol–water partition coefficient (Wildman–Crippen LogP) is -2.94. The van der Waals surface area contributed by atoms with Gasteiger partial charge in [0.25, 0.3) is 0 Å². The van der Waals surface area contributed by atoms with Crippen LogP contribution < -0.4 is 16.5 Å². The third-order valence-corrected chi connectivity index (χ3v) is 3.38. The van der Waals surface area contributed by atoms with Gasteiger partial charge in [-0.05, 0) is 5.21 Å². The highest BCUT2D eigenvalue weighted by molar-refractivity contribution is 7.67. The second-order valence-corrected chi connectivity index (χ2v) is 5.48. The van der Waals surface area contributed by atoms with Gasteiger partial charge in [0, 0.05) is 0 Å². The Morgan fingerprint density at radius 3 is 1.87 bits per heavy atom. The van der Waals surface area contributed by atoms with E-state index >= 15 is 0 Å². The summed E-state index contributed by atoms with van der Waals surface area (Å²) in [5, 5.41) is 7.65. The third-order valence-electron chi connectivity index (χ3n) is 1.31. The quantitative estimate of drug-likeness (QED) is 0.343. The van der Waals surface area contributed by atoms with Crippen molar-refractivity contribution in [3.05, 3.63) is 0 Å². The normalized spacial score (nSPS) is 12.8. The van der Waals surface area contributed by atoms with Crippen LogP contribution in [0.1, 0.15) is 0 Å². The lowest BCUT2D eigenvalue weighted by molar-refractivity contribution is 0.379. The van der Waals surface area contributed by atoms with E-state index in [-0.39, 0.29) is 0 Å². The minimum atomic E-state index is -4.97. The van der Waals surface area contributed by atoms with Crippen LogP contribution >= 0.6 is 15.2 Å². The molecule has 0 unspecified atom stereocenters. The summed E-state index contributed by atoms with van der Waals surface area (Å²) >= 11 is 0. The molecule has 0 saturated carbocycles. The zero-order valence-corrected chi connectivity index (χ0v) is 8.71. The second-order valence-electron chi connectivity index (χ2n) is 2.43. The Hall–Kier alpha value is -0.890. The number of nitrogens with zero attached hydrogens (tertiary/aromatic N) is 3. The average molecular weight is 256 g/mol. The Labute approximate surface area is 82.5 Å². The molecule has 1 aromatic heterocycles. The second kappa shape index (κ2) is 3.60. The fourth-order valence-corrected chi connectivity index (χ4v) is 2.77. The zero-order valence-electron chi connectivity index (χ0n) is 6.92. The molecule has 0 spiro atoms. The first kappa shape index (κ1) is 12.2. The molecule has 6 N–H and O–H groups in total. The van der Waals surface area contributed by atoms with Gasteiger partial charge >= 0.3 is 15.2 Å². The van der Waals surface area contributed by atoms with Crippen molar-refractivity contribution in [2.24, 2.45) is 0 Å². The molecule has 0 bridgehead atoms. The maximum atomic E-state index is 10.9. The van der Waals surface area contributed by atoms with Crippen LogP contribution in [0.4, 0.5) is 5.82 Å². The van der Waals surface area contributed by atoms with Gasteiger partial charge in [-0.1, -0.05) is 0 Å². The van der Waals surface area contributed by atoms with Crippen molar-refractivity contribution in [2.45, 2.75) is 0 Å². The van der Waals surface area contributed by atoms with E-state index in [1.807, 2.05) is 0 Å². The lowest BCUT2D eigenvalue weighted by atomic mass is 10.6. The van der Waals surface area contributed by atoms with E-state index in [0.29, 0.717) is 0 Å². The topological polar surface area (TPSA) is 180 Å². The number of hydrogen-bond donors (Lipinski definition) is 5. The molecule has 0 aliphatic rings. The summed E-state index contributed by atoms with van der Waals surface area (Å²) in [5.41, 5.74) is 3.89. The average Bonchev–Trinajstić information content (AvgIpc) is 1.99. The number of rotatable bonds is 2. The number of anilines is 1. The summed E-state index contributed by atoms with van der Waals surface area (Å²) in [6.45, 7) is 0. The Morgan fingerprint density at radius 2 is 1.53 bits per heavy atom. The maximum Gasteiger partial charge on any atom is 0.377 e. The van der Waals surface area contributed by atoms with Gasteiger partial charge in [0.05, 0.1) is 0 Å². The van der Waals surface area contributed by atoms with Crippen LogP contribution in [0, 0.1) is 0 Å². The van der Waals surface area contributed by atoms with E-state index in [9.17, 15) is 9.13 Å². The Morgan fingerprint density at radius 1 is 1.00 bits per heavy atom. The van der Waals surface area contributed by atoms with Gasteiger partial charge in [-0.15, -0.1) is 10.2 Å². The Balaban J connectivity index is 3.63. The molecule has 0 aliphatic carbocycles. The van der Waals surface area contributed by atoms with Gasteiger partial charge in [0.15, 0.2) is 11.3 Å². The standard InChI is InChI=1S/C3H6N4O6P2/c4-2-1(14(8,9)10)3(6-7-5-2)15(11,12)13/h(H2,4,5,6)(H2,8,9,10)(H2,11,12,13). The predicted molar refractivity (Wildman–Crippen MR) is 47.6 cm³/mol. The van der Waals surface area contributed by atoms with Crippen molar-refractivity contribution in [2.75, 3.05) is 5.73 Å². The van der Waals surface area contributed by atoms with Crippen LogP contribution in [0.15, 0.2) is 0 Å². The fourth-order valence-electron chi connectivity index (χ4n) is 0.798. The molecule has 0 atom stereocenters. The molecular weight excluding hydrogens is 250 g/mol. The molecule has 84 valence electrons. The Bertz CT molecular complexity index is 477. The van der Waals surface area contributed by atoms with Crippen LogP contribution in [0.25, 0.3) is 0 Å². The molecule has 15 heavy (non-hydrogen) atoms. The fraction of sp³-hybridized carbons (Fsp3) is 0. The summed E-state index contributed by atoms with van der Waals surface area (Å²) in [5.74, 6) is -0.767. The summed E-state index contributed by atoms with van der Waals surface area (Å²) in [6, 6.07) is 0. The lowest BCUT2D eigenvalue weighted by Crippen LogP contribution is -2.32. The SMILES string of the molecule is Nc1nnnc(P(=O)(O)O)c1P(=O)(O)O. The summed E-state index contributed by atoms with van der Waals surface area (Å²) in [6.07, 6.45) is 0. The minimum absolute atomic E-state index is 0.767. The van der Waals surface area contributed by atoms with Gasteiger partial charge in [-0.3, -0.25) is 9.13 Å². The minimum Gasteiger partial charge on any atom is -0.381 e. The summed E-state index contributed by atoms with van der Waals surface area (Å²) < 4.78 is 21.7. The van der Waals surface area contributed by atoms with Crippen LogP contribution in [0.2, 0.25) is 0 Å². The van der Waals surface area contributed by atoms with Crippen molar-refractivity contribution in [1.82, 2.24) is 15.4 Å². The first-order valence-electron chi connectivity index (χ1n) is 3.25. The smallest absolute Gasteiger partial charge is 0.377 e. The van der Waals surface area contributed by atoms with E-state index in [1.54, 1.807) is 0 Å². The molecule has 0 saturated heterocycles. The van der Waals surface area contributed by atoms with E-state index < -0.39 is 31.7 Å².